The minimum Gasteiger partial charge on any atom is -0.492 e. The van der Waals surface area contributed by atoms with Gasteiger partial charge in [-0.2, -0.15) is 0 Å². The van der Waals surface area contributed by atoms with Gasteiger partial charge in [0.2, 0.25) is 11.8 Å². The van der Waals surface area contributed by atoms with Crippen molar-refractivity contribution in [1.29, 1.82) is 0 Å². The van der Waals surface area contributed by atoms with E-state index in [0.29, 0.717) is 28.8 Å². The summed E-state index contributed by atoms with van der Waals surface area (Å²) in [6, 6.07) is 13.8. The molecule has 0 aromatic heterocycles. The second-order valence-electron chi connectivity index (χ2n) is 4.71. The summed E-state index contributed by atoms with van der Waals surface area (Å²) in [7, 11) is 0. The van der Waals surface area contributed by atoms with Crippen LogP contribution in [0.4, 0.5) is 11.4 Å². The number of nitrogens with one attached hydrogen (secondary N) is 2. The fourth-order valence-electron chi connectivity index (χ4n) is 1.96. The Morgan fingerprint density at radius 3 is 2.52 bits per heavy atom. The van der Waals surface area contributed by atoms with Crippen LogP contribution in [0.1, 0.15) is 13.3 Å². The van der Waals surface area contributed by atoms with Crippen molar-refractivity contribution in [1.82, 2.24) is 0 Å². The van der Waals surface area contributed by atoms with Gasteiger partial charge in [-0.1, -0.05) is 29.8 Å². The Labute approximate surface area is 139 Å². The first-order valence-electron chi connectivity index (χ1n) is 7.15. The number of ether oxygens (including phenoxy) is 1. The molecule has 120 valence electrons. The zero-order valence-electron chi connectivity index (χ0n) is 12.6. The maximum atomic E-state index is 12.0. The average Bonchev–Trinajstić information content (AvgIpc) is 2.49. The van der Waals surface area contributed by atoms with Gasteiger partial charge in [-0.25, -0.2) is 0 Å². The molecule has 0 aliphatic carbocycles. The summed E-state index contributed by atoms with van der Waals surface area (Å²) >= 11 is 5.84. The monoisotopic (exact) mass is 332 g/mol. The predicted octanol–water partition coefficient (Wildman–Crippen LogP) is 3.71. The number of anilines is 2. The zero-order chi connectivity index (χ0) is 16.7. The number of benzene rings is 2. The highest BCUT2D eigenvalue weighted by Gasteiger charge is 2.12. The third-order valence-corrected chi connectivity index (χ3v) is 3.13. The van der Waals surface area contributed by atoms with Crippen LogP contribution in [-0.2, 0) is 9.59 Å². The smallest absolute Gasteiger partial charge is 0.233 e. The first-order chi connectivity index (χ1) is 11.1. The summed E-state index contributed by atoms with van der Waals surface area (Å²) in [6.45, 7) is 2.35. The number of hydrogen-bond donors (Lipinski definition) is 2. The van der Waals surface area contributed by atoms with E-state index in [2.05, 4.69) is 10.6 Å². The molecule has 2 aromatic rings. The van der Waals surface area contributed by atoms with Gasteiger partial charge >= 0.3 is 0 Å². The fourth-order valence-corrected chi connectivity index (χ4v) is 2.15. The molecule has 0 bridgehead atoms. The van der Waals surface area contributed by atoms with E-state index in [4.69, 9.17) is 16.3 Å². The number of halogens is 1. The van der Waals surface area contributed by atoms with E-state index in [1.54, 1.807) is 42.5 Å². The molecular formula is C17H17ClN2O3. The summed E-state index contributed by atoms with van der Waals surface area (Å²) in [5, 5.41) is 5.81. The summed E-state index contributed by atoms with van der Waals surface area (Å²) < 4.78 is 5.42. The highest BCUT2D eigenvalue weighted by Crippen LogP contribution is 2.23. The standard InChI is InChI=1S/C17H17ClN2O3/c1-2-23-15-9-4-3-8-14(15)20-17(22)11-16(21)19-13-7-5-6-12(18)10-13/h3-10H,2,11H2,1H3,(H,19,21)(H,20,22). The molecule has 23 heavy (non-hydrogen) atoms. The van der Waals surface area contributed by atoms with Crippen molar-refractivity contribution in [2.24, 2.45) is 0 Å². The van der Waals surface area contributed by atoms with Gasteiger partial charge in [-0.15, -0.1) is 0 Å². The Morgan fingerprint density at radius 1 is 1.04 bits per heavy atom. The van der Waals surface area contributed by atoms with Gasteiger partial charge in [-0.05, 0) is 37.3 Å². The second kappa shape index (κ2) is 8.19. The van der Waals surface area contributed by atoms with E-state index >= 15 is 0 Å². The molecule has 0 unspecified atom stereocenters. The van der Waals surface area contributed by atoms with Crippen molar-refractivity contribution in [3.63, 3.8) is 0 Å². The molecule has 0 saturated heterocycles. The predicted molar refractivity (Wildman–Crippen MR) is 90.9 cm³/mol. The molecular weight excluding hydrogens is 316 g/mol. The van der Waals surface area contributed by atoms with E-state index in [1.165, 1.54) is 0 Å². The van der Waals surface area contributed by atoms with Crippen LogP contribution in [-0.4, -0.2) is 18.4 Å². The van der Waals surface area contributed by atoms with Gasteiger partial charge in [0.15, 0.2) is 0 Å². The Hall–Kier alpha value is -2.53. The number of carbonyl (C=O) groups is 2. The first kappa shape index (κ1) is 16.8. The summed E-state index contributed by atoms with van der Waals surface area (Å²) in [5.41, 5.74) is 1.08. The molecule has 5 nitrogen and oxygen atoms in total. The van der Waals surface area contributed by atoms with Crippen LogP contribution in [0.2, 0.25) is 5.02 Å². The SMILES string of the molecule is CCOc1ccccc1NC(=O)CC(=O)Nc1cccc(Cl)c1. The minimum atomic E-state index is -0.420. The van der Waals surface area contributed by atoms with Crippen LogP contribution in [0.5, 0.6) is 5.75 Å². The molecule has 2 amide bonds. The van der Waals surface area contributed by atoms with Gasteiger partial charge in [-0.3, -0.25) is 9.59 Å². The maximum Gasteiger partial charge on any atom is 0.233 e. The lowest BCUT2D eigenvalue weighted by atomic mass is 10.2. The normalized spacial score (nSPS) is 10.0. The third-order valence-electron chi connectivity index (χ3n) is 2.89. The van der Waals surface area contributed by atoms with Gasteiger partial charge in [0.1, 0.15) is 12.2 Å². The molecule has 0 aliphatic heterocycles. The molecule has 0 heterocycles. The van der Waals surface area contributed by atoms with Gasteiger partial charge in [0.25, 0.3) is 0 Å². The van der Waals surface area contributed by atoms with Crippen LogP contribution in [0.3, 0.4) is 0 Å². The molecule has 2 N–H and O–H groups in total. The fraction of sp³-hybridized carbons (Fsp3) is 0.176. The molecule has 0 aliphatic rings. The van der Waals surface area contributed by atoms with Gasteiger partial charge < -0.3 is 15.4 Å². The molecule has 0 radical (unpaired) electrons. The Kier molecular flexibility index (Phi) is 6.00. The molecule has 0 spiro atoms. The minimum absolute atomic E-state index is 0.299. The largest absolute Gasteiger partial charge is 0.492 e. The van der Waals surface area contributed by atoms with Crippen LogP contribution < -0.4 is 15.4 Å². The van der Waals surface area contributed by atoms with E-state index in [9.17, 15) is 9.59 Å². The van der Waals surface area contributed by atoms with Gasteiger partial charge in [0, 0.05) is 10.7 Å². The topological polar surface area (TPSA) is 67.4 Å². The third kappa shape index (κ3) is 5.30. The van der Waals surface area contributed by atoms with Gasteiger partial charge in [0.05, 0.1) is 12.3 Å². The summed E-state index contributed by atoms with van der Waals surface area (Å²) in [5.74, 6) is -0.270. The van der Waals surface area contributed by atoms with Crippen molar-refractivity contribution in [3.8, 4) is 5.75 Å². The maximum absolute atomic E-state index is 12.0. The molecule has 0 atom stereocenters. The summed E-state index contributed by atoms with van der Waals surface area (Å²) in [4.78, 5) is 23.9. The molecule has 2 aromatic carbocycles. The number of rotatable bonds is 6. The number of amides is 2. The van der Waals surface area contributed by atoms with Crippen molar-refractivity contribution >= 4 is 34.8 Å². The van der Waals surface area contributed by atoms with Crippen molar-refractivity contribution in [2.75, 3.05) is 17.2 Å². The quantitative estimate of drug-likeness (QED) is 0.792. The van der Waals surface area contributed by atoms with E-state index in [1.807, 2.05) is 13.0 Å². The second-order valence-corrected chi connectivity index (χ2v) is 5.15. The van der Waals surface area contributed by atoms with Crippen LogP contribution in [0, 0.1) is 0 Å². The number of hydrogen-bond acceptors (Lipinski definition) is 3. The lowest BCUT2D eigenvalue weighted by molar-refractivity contribution is -0.123. The van der Waals surface area contributed by atoms with Crippen molar-refractivity contribution in [2.45, 2.75) is 13.3 Å². The van der Waals surface area contributed by atoms with Crippen LogP contribution in [0.15, 0.2) is 48.5 Å². The van der Waals surface area contributed by atoms with Crippen LogP contribution >= 0.6 is 11.6 Å². The van der Waals surface area contributed by atoms with E-state index in [-0.39, 0.29) is 6.42 Å². The van der Waals surface area contributed by atoms with Crippen molar-refractivity contribution < 1.29 is 14.3 Å². The molecule has 2 rings (SSSR count). The zero-order valence-corrected chi connectivity index (χ0v) is 13.4. The average molecular weight is 333 g/mol. The first-order valence-corrected chi connectivity index (χ1v) is 7.53. The molecule has 6 heteroatoms. The summed E-state index contributed by atoms with van der Waals surface area (Å²) in [6.07, 6.45) is -0.299. The van der Waals surface area contributed by atoms with Crippen molar-refractivity contribution in [3.05, 3.63) is 53.6 Å². The lowest BCUT2D eigenvalue weighted by Gasteiger charge is -2.11. The van der Waals surface area contributed by atoms with E-state index < -0.39 is 11.8 Å². The Bertz CT molecular complexity index is 704. The molecule has 0 fully saturated rings. The van der Waals surface area contributed by atoms with Crippen LogP contribution in [0.25, 0.3) is 0 Å². The highest BCUT2D eigenvalue weighted by atomic mass is 35.5. The van der Waals surface area contributed by atoms with E-state index in [0.717, 1.165) is 0 Å². The number of para-hydroxylation sites is 2. The highest BCUT2D eigenvalue weighted by molar-refractivity contribution is 6.30. The Morgan fingerprint density at radius 2 is 1.78 bits per heavy atom. The molecule has 0 saturated carbocycles. The number of carbonyl (C=O) groups excluding carboxylic acids is 2. The Balaban J connectivity index is 1.93. The lowest BCUT2D eigenvalue weighted by Crippen LogP contribution is -2.21.